The molecule has 0 unspecified atom stereocenters. The van der Waals surface area contributed by atoms with Gasteiger partial charge in [0.1, 0.15) is 29.6 Å². The van der Waals surface area contributed by atoms with E-state index in [0.717, 1.165) is 32.2 Å². The molecule has 1 aromatic heterocycles. The molecule has 0 aliphatic heterocycles. The average Bonchev–Trinajstić information content (AvgIpc) is 3.07. The van der Waals surface area contributed by atoms with Gasteiger partial charge in [-0.2, -0.15) is 0 Å². The third kappa shape index (κ3) is 10.9. The number of allylic oxidation sites excluding steroid dienone is 3. The summed E-state index contributed by atoms with van der Waals surface area (Å²) in [6.45, 7) is 13.5. The fraction of sp³-hybridized carbons (Fsp3) is 0.342. The molecule has 0 aliphatic carbocycles. The van der Waals surface area contributed by atoms with Gasteiger partial charge in [0.05, 0.1) is 24.3 Å². The van der Waals surface area contributed by atoms with Gasteiger partial charge in [0.2, 0.25) is 0 Å². The van der Waals surface area contributed by atoms with E-state index in [4.69, 9.17) is 18.9 Å². The van der Waals surface area contributed by atoms with Crippen molar-refractivity contribution in [1.82, 2.24) is 0 Å². The van der Waals surface area contributed by atoms with Gasteiger partial charge >= 0.3 is 11.9 Å². The van der Waals surface area contributed by atoms with Crippen molar-refractivity contribution in [1.29, 1.82) is 0 Å². The molecule has 3 rings (SSSR count). The molecule has 0 spiro atoms. The summed E-state index contributed by atoms with van der Waals surface area (Å²) >= 11 is 0. The summed E-state index contributed by atoms with van der Waals surface area (Å²) in [5.74, 6) is 0.867. The quantitative estimate of drug-likeness (QED) is 0.0496. The molecule has 0 aliphatic rings. The first-order valence-electron chi connectivity index (χ1n) is 15.7. The van der Waals surface area contributed by atoms with Crippen molar-refractivity contribution in [2.24, 2.45) is 0 Å². The highest BCUT2D eigenvalue weighted by Gasteiger charge is 2.17. The zero-order valence-corrected chi connectivity index (χ0v) is 28.0. The van der Waals surface area contributed by atoms with E-state index in [9.17, 15) is 9.59 Å². The van der Waals surface area contributed by atoms with Gasteiger partial charge < -0.3 is 23.8 Å². The SMILES string of the molecule is C=C(OC(=O)c1ccc(OCCCC[n+]2ccc(N(C)C)cc2)cc1)/C(C)=C(C)\C(=C/C)OC(=O)c1ccc(OCCCC)cc1. The molecule has 46 heavy (non-hydrogen) atoms. The highest BCUT2D eigenvalue weighted by molar-refractivity contribution is 5.91. The van der Waals surface area contributed by atoms with Crippen LogP contribution in [0.4, 0.5) is 5.69 Å². The van der Waals surface area contributed by atoms with Crippen LogP contribution in [0, 0.1) is 0 Å². The molecule has 0 atom stereocenters. The van der Waals surface area contributed by atoms with Crippen LogP contribution < -0.4 is 18.9 Å². The second-order valence-corrected chi connectivity index (χ2v) is 11.1. The number of aromatic nitrogens is 1. The van der Waals surface area contributed by atoms with Gasteiger partial charge in [-0.15, -0.1) is 0 Å². The third-order valence-corrected chi connectivity index (χ3v) is 7.45. The first kappa shape index (κ1) is 35.6. The number of nitrogens with zero attached hydrogens (tertiary/aromatic N) is 2. The van der Waals surface area contributed by atoms with Gasteiger partial charge in [-0.25, -0.2) is 14.2 Å². The van der Waals surface area contributed by atoms with Crippen LogP contribution in [0.25, 0.3) is 0 Å². The molecule has 8 heteroatoms. The largest absolute Gasteiger partial charge is 0.494 e. The Balaban J connectivity index is 1.47. The number of unbranched alkanes of at least 4 members (excludes halogenated alkanes) is 2. The van der Waals surface area contributed by atoms with E-state index >= 15 is 0 Å². The molecule has 0 bridgehead atoms. The summed E-state index contributed by atoms with van der Waals surface area (Å²) < 4.78 is 24.9. The molecule has 0 N–H and O–H groups in total. The number of carbonyl (C=O) groups excluding carboxylic acids is 2. The molecule has 1 heterocycles. The van der Waals surface area contributed by atoms with Crippen LogP contribution >= 0.6 is 0 Å². The summed E-state index contributed by atoms with van der Waals surface area (Å²) in [5, 5.41) is 0. The summed E-state index contributed by atoms with van der Waals surface area (Å²) in [4.78, 5) is 27.7. The van der Waals surface area contributed by atoms with Crippen LogP contribution in [0.1, 0.15) is 74.1 Å². The van der Waals surface area contributed by atoms with Crippen molar-refractivity contribution in [3.05, 3.63) is 120 Å². The lowest BCUT2D eigenvalue weighted by molar-refractivity contribution is -0.697. The summed E-state index contributed by atoms with van der Waals surface area (Å²) in [5.41, 5.74) is 3.15. The van der Waals surface area contributed by atoms with Gasteiger partial charge in [-0.1, -0.05) is 19.9 Å². The molecule has 0 amide bonds. The maximum absolute atomic E-state index is 12.8. The Morgan fingerprint density at radius 1 is 0.761 bits per heavy atom. The van der Waals surface area contributed by atoms with Crippen molar-refractivity contribution in [3.63, 3.8) is 0 Å². The molecule has 2 aromatic carbocycles. The number of benzene rings is 2. The fourth-order valence-electron chi connectivity index (χ4n) is 4.34. The highest BCUT2D eigenvalue weighted by atomic mass is 16.5. The fourth-order valence-corrected chi connectivity index (χ4v) is 4.34. The monoisotopic (exact) mass is 627 g/mol. The second-order valence-electron chi connectivity index (χ2n) is 11.1. The first-order chi connectivity index (χ1) is 22.1. The Kier molecular flexibility index (Phi) is 14.1. The van der Waals surface area contributed by atoms with Crippen molar-refractivity contribution in [2.45, 2.75) is 59.9 Å². The molecule has 3 aromatic rings. The van der Waals surface area contributed by atoms with Crippen LogP contribution in [0.3, 0.4) is 0 Å². The molecule has 244 valence electrons. The van der Waals surface area contributed by atoms with Crippen molar-refractivity contribution < 1.29 is 33.1 Å². The number of aryl methyl sites for hydroxylation is 1. The second kappa shape index (κ2) is 18.2. The zero-order chi connectivity index (χ0) is 33.5. The number of pyridine rings is 1. The van der Waals surface area contributed by atoms with Crippen LogP contribution in [-0.4, -0.2) is 39.2 Å². The summed E-state index contributed by atoms with van der Waals surface area (Å²) in [6.07, 6.45) is 9.76. The third-order valence-electron chi connectivity index (χ3n) is 7.45. The van der Waals surface area contributed by atoms with E-state index in [1.807, 2.05) is 14.1 Å². The lowest BCUT2D eigenvalue weighted by Crippen LogP contribution is -2.33. The zero-order valence-electron chi connectivity index (χ0n) is 28.0. The van der Waals surface area contributed by atoms with Crippen LogP contribution in [-0.2, 0) is 16.0 Å². The lowest BCUT2D eigenvalue weighted by Gasteiger charge is -2.15. The topological polar surface area (TPSA) is 78.2 Å². The highest BCUT2D eigenvalue weighted by Crippen LogP contribution is 2.24. The van der Waals surface area contributed by atoms with E-state index in [-0.39, 0.29) is 5.76 Å². The molecular formula is C38H47N2O6+. The van der Waals surface area contributed by atoms with Gasteiger partial charge in [0.15, 0.2) is 12.4 Å². The number of esters is 2. The summed E-state index contributed by atoms with van der Waals surface area (Å²) in [6, 6.07) is 17.9. The van der Waals surface area contributed by atoms with Crippen LogP contribution in [0.5, 0.6) is 11.5 Å². The number of rotatable bonds is 17. The predicted molar refractivity (Wildman–Crippen MR) is 181 cm³/mol. The lowest BCUT2D eigenvalue weighted by atomic mass is 10.1. The minimum Gasteiger partial charge on any atom is -0.494 e. The van der Waals surface area contributed by atoms with Gasteiger partial charge in [-0.3, -0.25) is 0 Å². The van der Waals surface area contributed by atoms with Gasteiger partial charge in [-0.05, 0) is 99.4 Å². The Hall–Kier alpha value is -4.85. The number of carbonyl (C=O) groups is 2. The minimum atomic E-state index is -0.540. The minimum absolute atomic E-state index is 0.168. The van der Waals surface area contributed by atoms with E-state index in [2.05, 4.69) is 47.5 Å². The molecular weight excluding hydrogens is 580 g/mol. The number of ether oxygens (including phenoxy) is 4. The molecule has 8 nitrogen and oxygen atoms in total. The first-order valence-corrected chi connectivity index (χ1v) is 15.7. The van der Waals surface area contributed by atoms with Gasteiger partial charge in [0, 0.05) is 38.3 Å². The molecule has 0 radical (unpaired) electrons. The van der Waals surface area contributed by atoms with Gasteiger partial charge in [0.25, 0.3) is 0 Å². The standard InChI is InChI=1S/C38H47N2O6/c1-8-10-26-43-34-19-15-32(16-20-34)38(42)46-36(9-2)29(4)28(3)30(5)45-37(41)31-13-17-35(18-14-31)44-27-12-11-23-40-24-21-33(22-25-40)39(6)7/h9,13-22,24-25H,5,8,10-12,23,26-27H2,1-4,6-7H3/q+1/b29-28-,36-9+. The van der Waals surface area contributed by atoms with E-state index in [1.165, 1.54) is 5.69 Å². The molecule has 0 saturated heterocycles. The van der Waals surface area contributed by atoms with Crippen molar-refractivity contribution in [3.8, 4) is 11.5 Å². The number of anilines is 1. The normalized spacial score (nSPS) is 11.7. The average molecular weight is 628 g/mol. The van der Waals surface area contributed by atoms with Crippen molar-refractivity contribution in [2.75, 3.05) is 32.2 Å². The Morgan fingerprint density at radius 3 is 1.78 bits per heavy atom. The number of hydrogen-bond acceptors (Lipinski definition) is 7. The van der Waals surface area contributed by atoms with Crippen molar-refractivity contribution >= 4 is 17.6 Å². The Morgan fingerprint density at radius 2 is 1.28 bits per heavy atom. The van der Waals surface area contributed by atoms with Crippen LogP contribution in [0.2, 0.25) is 0 Å². The molecule has 0 saturated carbocycles. The van der Waals surface area contributed by atoms with E-state index in [0.29, 0.717) is 52.7 Å². The maximum atomic E-state index is 12.8. The Bertz CT molecular complexity index is 1500. The smallest absolute Gasteiger partial charge is 0.343 e. The van der Waals surface area contributed by atoms with E-state index in [1.54, 1.807) is 75.4 Å². The van der Waals surface area contributed by atoms with Crippen LogP contribution in [0.15, 0.2) is 108 Å². The maximum Gasteiger partial charge on any atom is 0.343 e. The Labute approximate surface area is 273 Å². The molecule has 0 fully saturated rings. The summed E-state index contributed by atoms with van der Waals surface area (Å²) in [7, 11) is 4.05. The number of hydrogen-bond donors (Lipinski definition) is 0. The predicted octanol–water partition coefficient (Wildman–Crippen LogP) is 7.85. The van der Waals surface area contributed by atoms with E-state index < -0.39 is 11.9 Å².